The molecule has 0 aliphatic carbocycles. The summed E-state index contributed by atoms with van der Waals surface area (Å²) in [7, 11) is 0. The lowest BCUT2D eigenvalue weighted by atomic mass is 9.92. The molecule has 6 heteroatoms. The summed E-state index contributed by atoms with van der Waals surface area (Å²) in [4.78, 5) is 30.9. The second-order valence-corrected chi connectivity index (χ2v) is 9.08. The Morgan fingerprint density at radius 1 is 1.03 bits per heavy atom. The molecule has 2 aromatic carbocycles. The van der Waals surface area contributed by atoms with Crippen molar-refractivity contribution in [2.45, 2.75) is 25.3 Å². The lowest BCUT2D eigenvalue weighted by Crippen LogP contribution is -2.40. The fourth-order valence-corrected chi connectivity index (χ4v) is 5.57. The molecule has 3 aromatic rings. The molecule has 0 saturated carbocycles. The van der Waals surface area contributed by atoms with E-state index in [4.69, 9.17) is 11.6 Å². The average molecular weight is 437 g/mol. The van der Waals surface area contributed by atoms with Crippen molar-refractivity contribution < 1.29 is 9.59 Å². The molecule has 1 aromatic heterocycles. The molecule has 1 fully saturated rings. The van der Waals surface area contributed by atoms with E-state index in [2.05, 4.69) is 23.6 Å². The number of anilines is 1. The Labute approximate surface area is 184 Å². The predicted octanol–water partition coefficient (Wildman–Crippen LogP) is 5.32. The second kappa shape index (κ2) is 7.89. The van der Waals surface area contributed by atoms with Gasteiger partial charge in [0.1, 0.15) is 0 Å². The molecule has 3 heterocycles. The highest BCUT2D eigenvalue weighted by molar-refractivity contribution is 7.10. The predicted molar refractivity (Wildman–Crippen MR) is 120 cm³/mol. The van der Waals surface area contributed by atoms with Crippen LogP contribution in [0.25, 0.3) is 0 Å². The van der Waals surface area contributed by atoms with E-state index in [-0.39, 0.29) is 17.9 Å². The zero-order valence-corrected chi connectivity index (χ0v) is 18.0. The van der Waals surface area contributed by atoms with Gasteiger partial charge in [0.25, 0.3) is 5.91 Å². The zero-order valence-electron chi connectivity index (χ0n) is 16.4. The molecule has 0 unspecified atom stereocenters. The van der Waals surface area contributed by atoms with Crippen LogP contribution in [0.3, 0.4) is 0 Å². The van der Waals surface area contributed by atoms with Gasteiger partial charge in [-0.1, -0.05) is 41.9 Å². The van der Waals surface area contributed by atoms with Crippen LogP contribution in [0.4, 0.5) is 5.69 Å². The lowest BCUT2D eigenvalue weighted by molar-refractivity contribution is -0.117. The molecule has 4 nitrogen and oxygen atoms in total. The van der Waals surface area contributed by atoms with E-state index in [1.54, 1.807) is 34.4 Å². The molecule has 2 aliphatic heterocycles. The Hall–Kier alpha value is -2.63. The summed E-state index contributed by atoms with van der Waals surface area (Å²) in [6.45, 7) is 1.30. The van der Waals surface area contributed by atoms with Crippen molar-refractivity contribution in [2.24, 2.45) is 0 Å². The maximum atomic E-state index is 13.7. The Bertz CT molecular complexity index is 1110. The van der Waals surface area contributed by atoms with E-state index >= 15 is 0 Å². The number of fused-ring (bicyclic) bond motifs is 1. The fraction of sp³-hybridized carbons (Fsp3) is 0.250. The van der Waals surface area contributed by atoms with Crippen molar-refractivity contribution >= 4 is 40.4 Å². The first kappa shape index (κ1) is 19.3. The third kappa shape index (κ3) is 3.32. The van der Waals surface area contributed by atoms with Gasteiger partial charge in [0, 0.05) is 30.0 Å². The molecule has 2 amide bonds. The van der Waals surface area contributed by atoms with E-state index in [9.17, 15) is 9.59 Å². The maximum absolute atomic E-state index is 13.7. The molecule has 0 N–H and O–H groups in total. The van der Waals surface area contributed by atoms with Crippen LogP contribution < -0.4 is 4.90 Å². The van der Waals surface area contributed by atoms with Crippen molar-refractivity contribution in [3.63, 3.8) is 0 Å². The minimum Gasteiger partial charge on any atom is -0.327 e. The summed E-state index contributed by atoms with van der Waals surface area (Å²) in [6, 6.07) is 17.5. The van der Waals surface area contributed by atoms with Crippen LogP contribution in [-0.4, -0.2) is 29.8 Å². The van der Waals surface area contributed by atoms with Gasteiger partial charge in [-0.3, -0.25) is 9.59 Å². The van der Waals surface area contributed by atoms with Crippen molar-refractivity contribution in [2.75, 3.05) is 18.0 Å². The molecular formula is C24H21ClN2O2S. The van der Waals surface area contributed by atoms with E-state index in [1.807, 2.05) is 23.1 Å². The Balaban J connectivity index is 1.53. The van der Waals surface area contributed by atoms with Gasteiger partial charge in [0.15, 0.2) is 0 Å². The number of halogens is 1. The molecule has 5 rings (SSSR count). The number of amides is 2. The molecule has 0 spiro atoms. The second-order valence-electron chi connectivity index (χ2n) is 7.68. The molecule has 0 bridgehead atoms. The molecule has 1 saturated heterocycles. The highest BCUT2D eigenvalue weighted by Gasteiger charge is 2.34. The van der Waals surface area contributed by atoms with Crippen LogP contribution in [0.1, 0.15) is 45.2 Å². The van der Waals surface area contributed by atoms with Crippen molar-refractivity contribution in [1.29, 1.82) is 0 Å². The number of benzene rings is 2. The third-order valence-corrected chi connectivity index (χ3v) is 7.22. The number of nitrogens with zero attached hydrogens (tertiary/aromatic N) is 2. The smallest absolute Gasteiger partial charge is 0.254 e. The average Bonchev–Trinajstić information content (AvgIpc) is 3.42. The minimum absolute atomic E-state index is 0.0368. The SMILES string of the molecule is O=C1CCCN1c1cc(C(=O)N2CCc3sccc3[C@H]2c2ccccc2)ccc1Cl. The fourth-order valence-electron chi connectivity index (χ4n) is 4.45. The largest absolute Gasteiger partial charge is 0.327 e. The van der Waals surface area contributed by atoms with Gasteiger partial charge < -0.3 is 9.80 Å². The summed E-state index contributed by atoms with van der Waals surface area (Å²) >= 11 is 8.15. The van der Waals surface area contributed by atoms with Crippen LogP contribution in [0.2, 0.25) is 5.02 Å². The number of carbonyl (C=O) groups is 2. The lowest BCUT2D eigenvalue weighted by Gasteiger charge is -2.36. The zero-order chi connectivity index (χ0) is 20.7. The van der Waals surface area contributed by atoms with E-state index in [1.165, 1.54) is 10.4 Å². The Morgan fingerprint density at radius 3 is 2.63 bits per heavy atom. The van der Waals surface area contributed by atoms with Crippen molar-refractivity contribution in [1.82, 2.24) is 4.90 Å². The minimum atomic E-state index is -0.110. The monoisotopic (exact) mass is 436 g/mol. The van der Waals surface area contributed by atoms with Gasteiger partial charge in [0.2, 0.25) is 5.91 Å². The first-order chi connectivity index (χ1) is 14.6. The summed E-state index contributed by atoms with van der Waals surface area (Å²) in [5, 5.41) is 2.61. The topological polar surface area (TPSA) is 40.6 Å². The highest BCUT2D eigenvalue weighted by Crippen LogP contribution is 2.39. The van der Waals surface area contributed by atoms with Crippen LogP contribution >= 0.6 is 22.9 Å². The molecule has 0 radical (unpaired) electrons. The third-order valence-electron chi connectivity index (χ3n) is 5.90. The normalized spacial score (nSPS) is 18.6. The van der Waals surface area contributed by atoms with Gasteiger partial charge in [-0.15, -0.1) is 11.3 Å². The van der Waals surface area contributed by atoms with Crippen LogP contribution in [0, 0.1) is 0 Å². The van der Waals surface area contributed by atoms with E-state index in [0.29, 0.717) is 35.8 Å². The van der Waals surface area contributed by atoms with Gasteiger partial charge in [-0.2, -0.15) is 0 Å². The van der Waals surface area contributed by atoms with Gasteiger partial charge in [-0.05, 0) is 53.6 Å². The molecular weight excluding hydrogens is 416 g/mol. The summed E-state index contributed by atoms with van der Waals surface area (Å²) in [5.74, 6) is 0.0230. The van der Waals surface area contributed by atoms with Crippen molar-refractivity contribution in [3.8, 4) is 0 Å². The Kier molecular flexibility index (Phi) is 5.09. The number of thiophene rings is 1. The van der Waals surface area contributed by atoms with Crippen molar-refractivity contribution in [3.05, 3.63) is 86.6 Å². The maximum Gasteiger partial charge on any atom is 0.254 e. The quantitative estimate of drug-likeness (QED) is 0.557. The molecule has 30 heavy (non-hydrogen) atoms. The number of hydrogen-bond acceptors (Lipinski definition) is 3. The van der Waals surface area contributed by atoms with Crippen LogP contribution in [0.5, 0.6) is 0 Å². The number of carbonyl (C=O) groups excluding carboxylic acids is 2. The molecule has 1 atom stereocenters. The number of hydrogen-bond donors (Lipinski definition) is 0. The first-order valence-electron chi connectivity index (χ1n) is 10.2. The Morgan fingerprint density at radius 2 is 1.87 bits per heavy atom. The van der Waals surface area contributed by atoms with E-state index < -0.39 is 0 Å². The van der Waals surface area contributed by atoms with E-state index in [0.717, 1.165) is 18.4 Å². The summed E-state index contributed by atoms with van der Waals surface area (Å²) in [6.07, 6.45) is 2.20. The van der Waals surface area contributed by atoms with Gasteiger partial charge in [-0.25, -0.2) is 0 Å². The molecule has 2 aliphatic rings. The summed E-state index contributed by atoms with van der Waals surface area (Å²) in [5.41, 5.74) is 3.51. The van der Waals surface area contributed by atoms with Gasteiger partial charge >= 0.3 is 0 Å². The standard InChI is InChI=1S/C24H21ClN2O2S/c25-19-9-8-17(15-20(19)26-12-4-7-22(26)28)24(29)27-13-10-21-18(11-14-30-21)23(27)16-5-2-1-3-6-16/h1-3,5-6,8-9,11,14-15,23H,4,7,10,12-13H2/t23-/m1/s1. The first-order valence-corrected chi connectivity index (χ1v) is 11.4. The summed E-state index contributed by atoms with van der Waals surface area (Å²) < 4.78 is 0. The number of rotatable bonds is 3. The van der Waals surface area contributed by atoms with Crippen LogP contribution in [-0.2, 0) is 11.2 Å². The highest BCUT2D eigenvalue weighted by atomic mass is 35.5. The van der Waals surface area contributed by atoms with Gasteiger partial charge in [0.05, 0.1) is 16.8 Å². The molecule has 152 valence electrons. The van der Waals surface area contributed by atoms with Crippen LogP contribution in [0.15, 0.2) is 60.0 Å².